The van der Waals surface area contributed by atoms with Crippen LogP contribution in [-0.4, -0.2) is 30.5 Å². The maximum absolute atomic E-state index is 12.0. The van der Waals surface area contributed by atoms with Crippen molar-refractivity contribution in [3.8, 4) is 0 Å². The number of halogens is 1. The largest absolute Gasteiger partial charge is 0.465 e. The van der Waals surface area contributed by atoms with Crippen LogP contribution in [-0.2, 0) is 30.5 Å². The van der Waals surface area contributed by atoms with Gasteiger partial charge < -0.3 is 20.9 Å². The first-order chi connectivity index (χ1) is 17.5. The normalized spacial score (nSPS) is 11.4. The summed E-state index contributed by atoms with van der Waals surface area (Å²) >= 11 is 0. The van der Waals surface area contributed by atoms with Crippen LogP contribution in [0.25, 0.3) is 0 Å². The monoisotopic (exact) mass is 540 g/mol. The molecule has 0 saturated carbocycles. The molecular formula is C29H49ClN2O5. The zero-order valence-corrected chi connectivity index (χ0v) is 23.3. The smallest absolute Gasteiger partial charge is 0.322 e. The molecule has 8 heteroatoms. The summed E-state index contributed by atoms with van der Waals surface area (Å²) in [6, 6.07) is 8.84. The molecule has 1 rings (SSSR count). The molecule has 37 heavy (non-hydrogen) atoms. The molecular weight excluding hydrogens is 492 g/mol. The van der Waals surface area contributed by atoms with Crippen molar-refractivity contribution in [2.45, 2.75) is 122 Å². The van der Waals surface area contributed by atoms with E-state index >= 15 is 0 Å². The van der Waals surface area contributed by atoms with Crippen LogP contribution in [0.1, 0.15) is 115 Å². The number of benzene rings is 1. The minimum atomic E-state index is -0.693. The van der Waals surface area contributed by atoms with Crippen LogP contribution in [0, 0.1) is 0 Å². The molecule has 0 aliphatic carbocycles. The highest BCUT2D eigenvalue weighted by Gasteiger charge is 2.15. The van der Waals surface area contributed by atoms with E-state index in [9.17, 15) is 14.4 Å². The van der Waals surface area contributed by atoms with Crippen molar-refractivity contribution in [3.05, 3.63) is 35.9 Å². The van der Waals surface area contributed by atoms with Crippen LogP contribution in [0.3, 0.4) is 0 Å². The molecule has 212 valence electrons. The molecule has 0 saturated heterocycles. The number of amides is 1. The summed E-state index contributed by atoms with van der Waals surface area (Å²) in [5.74, 6) is -0.864. The Kier molecular flexibility index (Phi) is 22.8. The Labute approximate surface area is 229 Å². The van der Waals surface area contributed by atoms with Crippen LogP contribution in [0.2, 0.25) is 0 Å². The van der Waals surface area contributed by atoms with Gasteiger partial charge in [0.1, 0.15) is 12.6 Å². The quantitative estimate of drug-likeness (QED) is 0.127. The van der Waals surface area contributed by atoms with Crippen molar-refractivity contribution in [2.75, 3.05) is 6.61 Å². The van der Waals surface area contributed by atoms with Crippen molar-refractivity contribution in [1.82, 2.24) is 0 Å². The van der Waals surface area contributed by atoms with E-state index in [1.807, 2.05) is 30.3 Å². The summed E-state index contributed by atoms with van der Waals surface area (Å²) in [4.78, 5) is 34.5. The van der Waals surface area contributed by atoms with Crippen molar-refractivity contribution >= 4 is 30.3 Å². The second-order valence-corrected chi connectivity index (χ2v) is 9.63. The predicted molar refractivity (Wildman–Crippen MR) is 150 cm³/mol. The molecule has 7 nitrogen and oxygen atoms in total. The highest BCUT2D eigenvalue weighted by molar-refractivity contribution is 5.85. The van der Waals surface area contributed by atoms with Crippen LogP contribution in [0.15, 0.2) is 30.3 Å². The molecule has 1 atom stereocenters. The number of primary amides is 1. The lowest BCUT2D eigenvalue weighted by molar-refractivity contribution is -0.147. The third-order valence-electron chi connectivity index (χ3n) is 6.25. The average molecular weight is 541 g/mol. The third-order valence-corrected chi connectivity index (χ3v) is 6.25. The molecule has 0 fully saturated rings. The second kappa shape index (κ2) is 24.2. The Morgan fingerprint density at radius 2 is 1.19 bits per heavy atom. The minimum Gasteiger partial charge on any atom is -0.465 e. The van der Waals surface area contributed by atoms with Gasteiger partial charge in [-0.05, 0) is 31.2 Å². The Balaban J connectivity index is 0.0000130. The molecule has 0 spiro atoms. The van der Waals surface area contributed by atoms with Gasteiger partial charge in [-0.25, -0.2) is 0 Å². The fourth-order valence-electron chi connectivity index (χ4n) is 4.02. The average Bonchev–Trinajstić information content (AvgIpc) is 2.87. The number of nitrogens with two attached hydrogens (primary N) is 2. The lowest BCUT2D eigenvalue weighted by atomic mass is 10.0. The number of unbranched alkanes of at least 4 members (excludes halogenated alkanes) is 12. The topological polar surface area (TPSA) is 122 Å². The van der Waals surface area contributed by atoms with Gasteiger partial charge in [-0.15, -0.1) is 12.4 Å². The first kappa shape index (κ1) is 34.9. The van der Waals surface area contributed by atoms with Gasteiger partial charge in [-0.1, -0.05) is 101 Å². The molecule has 1 aromatic rings. The molecule has 0 bridgehead atoms. The molecule has 0 radical (unpaired) electrons. The van der Waals surface area contributed by atoms with E-state index in [0.717, 1.165) is 37.7 Å². The number of hydrogen-bond acceptors (Lipinski definition) is 6. The number of carbonyl (C=O) groups is 3. The number of ether oxygens (including phenoxy) is 2. The first-order valence-corrected chi connectivity index (χ1v) is 13.9. The standard InChI is InChI=1S/C29H48N2O5.ClH/c30-26(20-17-22-28(33)36-24-25-18-13-12-14-19-25)29(34)35-23-16-11-9-7-5-3-1-2-4-6-8-10-15-21-27(31)32;/h12-14,18-19,26H,1-11,15-17,20-24,30H2,(H2,31,32);1H/t26-;/m1./s1. The molecule has 0 aliphatic rings. The van der Waals surface area contributed by atoms with Crippen LogP contribution < -0.4 is 11.5 Å². The van der Waals surface area contributed by atoms with Gasteiger partial charge in [0, 0.05) is 12.8 Å². The zero-order valence-electron chi connectivity index (χ0n) is 22.5. The van der Waals surface area contributed by atoms with Crippen LogP contribution >= 0.6 is 12.4 Å². The van der Waals surface area contributed by atoms with Crippen molar-refractivity contribution in [3.63, 3.8) is 0 Å². The number of esters is 2. The molecule has 0 heterocycles. The van der Waals surface area contributed by atoms with E-state index in [1.54, 1.807) is 0 Å². The number of rotatable bonds is 23. The zero-order chi connectivity index (χ0) is 26.3. The minimum absolute atomic E-state index is 0. The Bertz CT molecular complexity index is 718. The van der Waals surface area contributed by atoms with Crippen molar-refractivity contribution in [1.29, 1.82) is 0 Å². The lowest BCUT2D eigenvalue weighted by Crippen LogP contribution is -2.32. The van der Waals surface area contributed by atoms with Gasteiger partial charge in [-0.3, -0.25) is 14.4 Å². The van der Waals surface area contributed by atoms with E-state index in [1.165, 1.54) is 51.4 Å². The second-order valence-electron chi connectivity index (χ2n) is 9.63. The van der Waals surface area contributed by atoms with E-state index in [0.29, 0.717) is 25.9 Å². The van der Waals surface area contributed by atoms with Crippen molar-refractivity contribution < 1.29 is 23.9 Å². The lowest BCUT2D eigenvalue weighted by Gasteiger charge is -2.11. The first-order valence-electron chi connectivity index (χ1n) is 13.9. The van der Waals surface area contributed by atoms with E-state index < -0.39 is 6.04 Å². The van der Waals surface area contributed by atoms with Crippen LogP contribution in [0.5, 0.6) is 0 Å². The van der Waals surface area contributed by atoms with Gasteiger partial charge >= 0.3 is 11.9 Å². The van der Waals surface area contributed by atoms with E-state index in [-0.39, 0.29) is 43.3 Å². The molecule has 1 aromatic carbocycles. The maximum Gasteiger partial charge on any atom is 0.322 e. The summed E-state index contributed by atoms with van der Waals surface area (Å²) in [6.45, 7) is 0.667. The van der Waals surface area contributed by atoms with Gasteiger partial charge in [0.25, 0.3) is 0 Å². The maximum atomic E-state index is 12.0. The molecule has 0 unspecified atom stereocenters. The SMILES string of the molecule is Cl.NC(=O)CCCCCCCCCCCCCCCOC(=O)[C@H](N)CCCC(=O)OCc1ccccc1. The molecule has 0 aromatic heterocycles. The van der Waals surface area contributed by atoms with Crippen molar-refractivity contribution in [2.24, 2.45) is 11.5 Å². The molecule has 4 N–H and O–H groups in total. The van der Waals surface area contributed by atoms with E-state index in [2.05, 4.69) is 0 Å². The fourth-order valence-corrected chi connectivity index (χ4v) is 4.02. The number of hydrogen-bond donors (Lipinski definition) is 2. The van der Waals surface area contributed by atoms with Gasteiger partial charge in [0.05, 0.1) is 6.61 Å². The summed E-state index contributed by atoms with van der Waals surface area (Å²) in [5, 5.41) is 0. The molecule has 1 amide bonds. The molecule has 0 aliphatic heterocycles. The summed E-state index contributed by atoms with van der Waals surface area (Å²) in [7, 11) is 0. The summed E-state index contributed by atoms with van der Waals surface area (Å²) in [6.07, 6.45) is 16.9. The van der Waals surface area contributed by atoms with Crippen LogP contribution in [0.4, 0.5) is 0 Å². The fraction of sp³-hybridized carbons (Fsp3) is 0.690. The number of carbonyl (C=O) groups excluding carboxylic acids is 3. The summed E-state index contributed by atoms with van der Waals surface area (Å²) in [5.41, 5.74) is 12.0. The predicted octanol–water partition coefficient (Wildman–Crippen LogP) is 6.14. The van der Waals surface area contributed by atoms with Gasteiger partial charge in [0.15, 0.2) is 0 Å². The third kappa shape index (κ3) is 21.7. The van der Waals surface area contributed by atoms with Gasteiger partial charge in [-0.2, -0.15) is 0 Å². The highest BCUT2D eigenvalue weighted by Crippen LogP contribution is 2.13. The Morgan fingerprint density at radius 3 is 1.73 bits per heavy atom. The summed E-state index contributed by atoms with van der Waals surface area (Å²) < 4.78 is 10.5. The van der Waals surface area contributed by atoms with Gasteiger partial charge in [0.2, 0.25) is 5.91 Å². The Morgan fingerprint density at radius 1 is 0.676 bits per heavy atom. The van der Waals surface area contributed by atoms with E-state index in [4.69, 9.17) is 20.9 Å². The Hall–Kier alpha value is -2.12. The highest BCUT2D eigenvalue weighted by atomic mass is 35.5.